The summed E-state index contributed by atoms with van der Waals surface area (Å²) in [6, 6.07) is 8.70. The molecule has 1 N–H and O–H groups in total. The van der Waals surface area contributed by atoms with E-state index in [0.29, 0.717) is 11.6 Å². The summed E-state index contributed by atoms with van der Waals surface area (Å²) in [5.41, 5.74) is 1.48. The van der Waals surface area contributed by atoms with Crippen LogP contribution in [0.4, 0.5) is 0 Å². The molecule has 0 amide bonds. The summed E-state index contributed by atoms with van der Waals surface area (Å²) in [5.74, 6) is 0. The van der Waals surface area contributed by atoms with E-state index in [-0.39, 0.29) is 0 Å². The van der Waals surface area contributed by atoms with Gasteiger partial charge >= 0.3 is 0 Å². The lowest BCUT2D eigenvalue weighted by atomic mass is 9.75. The lowest BCUT2D eigenvalue weighted by molar-refractivity contribution is 0.0576. The molecule has 0 bridgehead atoms. The lowest BCUT2D eigenvalue weighted by Crippen LogP contribution is -2.56. The fraction of sp³-hybridized carbons (Fsp3) is 0.562. The van der Waals surface area contributed by atoms with E-state index >= 15 is 0 Å². The Kier molecular flexibility index (Phi) is 3.80. The van der Waals surface area contributed by atoms with Gasteiger partial charge in [-0.3, -0.25) is 0 Å². The Morgan fingerprint density at radius 3 is 2.70 bits per heavy atom. The van der Waals surface area contributed by atoms with E-state index in [1.54, 1.807) is 11.3 Å². The lowest BCUT2D eigenvalue weighted by Gasteiger charge is -2.48. The van der Waals surface area contributed by atoms with Crippen molar-refractivity contribution in [1.29, 1.82) is 0 Å². The van der Waals surface area contributed by atoms with Crippen LogP contribution in [0.2, 0.25) is 0 Å². The Morgan fingerprint density at radius 2 is 2.10 bits per heavy atom. The van der Waals surface area contributed by atoms with E-state index in [1.165, 1.54) is 29.0 Å². The van der Waals surface area contributed by atoms with E-state index in [9.17, 15) is 0 Å². The third kappa shape index (κ3) is 2.48. The molecule has 2 aromatic rings. The van der Waals surface area contributed by atoms with Gasteiger partial charge in [-0.1, -0.05) is 12.1 Å². The van der Waals surface area contributed by atoms with Gasteiger partial charge in [-0.05, 0) is 52.4 Å². The Morgan fingerprint density at radius 1 is 1.35 bits per heavy atom. The van der Waals surface area contributed by atoms with Crippen molar-refractivity contribution in [2.24, 2.45) is 0 Å². The quantitative estimate of drug-likeness (QED) is 0.914. The fourth-order valence-corrected chi connectivity index (χ4v) is 3.87. The van der Waals surface area contributed by atoms with Crippen LogP contribution in [0, 0.1) is 0 Å². The molecule has 0 spiro atoms. The van der Waals surface area contributed by atoms with E-state index < -0.39 is 0 Å². The minimum absolute atomic E-state index is 0.324. The topological polar surface area (TPSA) is 28.2 Å². The zero-order chi connectivity index (χ0) is 14.2. The molecular formula is C16H23N3S. The summed E-state index contributed by atoms with van der Waals surface area (Å²) in [4.78, 5) is 7.13. The largest absolute Gasteiger partial charge is 0.306 e. The molecule has 0 saturated heterocycles. The van der Waals surface area contributed by atoms with Gasteiger partial charge in [0.05, 0.1) is 16.3 Å². The molecule has 1 aliphatic rings. The van der Waals surface area contributed by atoms with Gasteiger partial charge in [-0.2, -0.15) is 0 Å². The van der Waals surface area contributed by atoms with Crippen molar-refractivity contribution < 1.29 is 0 Å². The summed E-state index contributed by atoms with van der Waals surface area (Å²) in [6.07, 6.45) is 3.97. The Bertz CT molecular complexity index is 553. The zero-order valence-corrected chi connectivity index (χ0v) is 13.3. The molecule has 1 atom stereocenters. The highest BCUT2D eigenvalue weighted by Crippen LogP contribution is 2.36. The standard InChI is InChI=1S/C16H23N3S/c1-12(17-11-16(19(2)3)9-6-10-16)15-18-13-7-4-5-8-14(13)20-15/h4-5,7-8,12,17H,6,9-11H2,1-3H3. The molecule has 3 nitrogen and oxygen atoms in total. The Hall–Kier alpha value is -0.970. The molecule has 1 aromatic heterocycles. The van der Waals surface area contributed by atoms with Gasteiger partial charge in [0.15, 0.2) is 0 Å². The number of benzene rings is 1. The maximum absolute atomic E-state index is 4.74. The normalized spacial score (nSPS) is 19.2. The van der Waals surface area contributed by atoms with Crippen molar-refractivity contribution in [3.8, 4) is 0 Å². The second-order valence-corrected chi connectivity index (χ2v) is 7.16. The number of aromatic nitrogens is 1. The highest BCUT2D eigenvalue weighted by Gasteiger charge is 2.38. The Balaban J connectivity index is 1.68. The first-order valence-corrected chi connectivity index (χ1v) is 8.19. The van der Waals surface area contributed by atoms with Crippen LogP contribution in [0.15, 0.2) is 24.3 Å². The molecule has 20 heavy (non-hydrogen) atoms. The van der Waals surface area contributed by atoms with Crippen LogP contribution >= 0.6 is 11.3 Å². The minimum Gasteiger partial charge on any atom is -0.306 e. The van der Waals surface area contributed by atoms with Crippen molar-refractivity contribution >= 4 is 21.6 Å². The first-order chi connectivity index (χ1) is 9.61. The van der Waals surface area contributed by atoms with Crippen LogP contribution in [-0.2, 0) is 0 Å². The van der Waals surface area contributed by atoms with Gasteiger partial charge in [0.2, 0.25) is 0 Å². The number of nitrogens with one attached hydrogen (secondary N) is 1. The van der Waals surface area contributed by atoms with Crippen molar-refractivity contribution in [3.05, 3.63) is 29.3 Å². The summed E-state index contributed by atoms with van der Waals surface area (Å²) < 4.78 is 1.28. The third-order valence-corrected chi connectivity index (χ3v) is 5.87. The van der Waals surface area contributed by atoms with Gasteiger partial charge in [-0.25, -0.2) is 4.98 Å². The fourth-order valence-electron chi connectivity index (χ4n) is 2.87. The van der Waals surface area contributed by atoms with E-state index in [0.717, 1.165) is 12.1 Å². The molecule has 4 heteroatoms. The predicted molar refractivity (Wildman–Crippen MR) is 86.3 cm³/mol. The molecule has 1 saturated carbocycles. The molecule has 0 aliphatic heterocycles. The van der Waals surface area contributed by atoms with E-state index in [2.05, 4.69) is 55.5 Å². The SMILES string of the molecule is CC(NCC1(N(C)C)CCC1)c1nc2ccccc2s1. The molecule has 1 aliphatic carbocycles. The molecule has 1 fully saturated rings. The molecule has 1 unspecified atom stereocenters. The monoisotopic (exact) mass is 289 g/mol. The minimum atomic E-state index is 0.324. The van der Waals surface area contributed by atoms with E-state index in [1.807, 2.05) is 0 Å². The van der Waals surface area contributed by atoms with Gasteiger partial charge in [0.1, 0.15) is 5.01 Å². The first kappa shape index (κ1) is 14.0. The average molecular weight is 289 g/mol. The summed E-state index contributed by atoms with van der Waals surface area (Å²) in [5, 5.41) is 4.88. The molecule has 0 radical (unpaired) electrons. The second kappa shape index (κ2) is 5.43. The maximum atomic E-state index is 4.74. The number of para-hydroxylation sites is 1. The number of nitrogens with zero attached hydrogens (tertiary/aromatic N) is 2. The maximum Gasteiger partial charge on any atom is 0.111 e. The summed E-state index contributed by atoms with van der Waals surface area (Å²) >= 11 is 1.80. The van der Waals surface area contributed by atoms with Crippen LogP contribution in [0.25, 0.3) is 10.2 Å². The predicted octanol–water partition coefficient (Wildman–Crippen LogP) is 3.43. The number of likely N-dealkylation sites (N-methyl/N-ethyl adjacent to an activating group) is 1. The van der Waals surface area contributed by atoms with Gasteiger partial charge in [-0.15, -0.1) is 11.3 Å². The molecule has 1 heterocycles. The Labute approximate surface area is 125 Å². The summed E-state index contributed by atoms with van der Waals surface area (Å²) in [6.45, 7) is 3.27. The van der Waals surface area contributed by atoms with Crippen molar-refractivity contribution in [2.45, 2.75) is 37.8 Å². The molecule has 108 valence electrons. The van der Waals surface area contributed by atoms with Gasteiger partial charge in [0.25, 0.3) is 0 Å². The zero-order valence-electron chi connectivity index (χ0n) is 12.5. The first-order valence-electron chi connectivity index (χ1n) is 7.37. The van der Waals surface area contributed by atoms with Crippen molar-refractivity contribution in [3.63, 3.8) is 0 Å². The third-order valence-electron chi connectivity index (χ3n) is 4.65. The van der Waals surface area contributed by atoms with Gasteiger partial charge < -0.3 is 10.2 Å². The highest BCUT2D eigenvalue weighted by atomic mass is 32.1. The van der Waals surface area contributed by atoms with Gasteiger partial charge in [0, 0.05) is 12.1 Å². The van der Waals surface area contributed by atoms with Crippen molar-refractivity contribution in [2.75, 3.05) is 20.6 Å². The number of rotatable bonds is 5. The molecular weight excluding hydrogens is 266 g/mol. The van der Waals surface area contributed by atoms with Crippen LogP contribution in [0.5, 0.6) is 0 Å². The molecule has 1 aromatic carbocycles. The average Bonchev–Trinajstić information content (AvgIpc) is 2.80. The molecule has 3 rings (SSSR count). The van der Waals surface area contributed by atoms with Crippen LogP contribution < -0.4 is 5.32 Å². The number of fused-ring (bicyclic) bond motifs is 1. The van der Waals surface area contributed by atoms with Crippen LogP contribution in [-0.4, -0.2) is 36.1 Å². The number of hydrogen-bond acceptors (Lipinski definition) is 4. The van der Waals surface area contributed by atoms with E-state index in [4.69, 9.17) is 4.98 Å². The highest BCUT2D eigenvalue weighted by molar-refractivity contribution is 7.18. The summed E-state index contributed by atoms with van der Waals surface area (Å²) in [7, 11) is 4.40. The van der Waals surface area contributed by atoms with Crippen molar-refractivity contribution in [1.82, 2.24) is 15.2 Å². The number of thiazole rings is 1. The second-order valence-electron chi connectivity index (χ2n) is 6.09. The van der Waals surface area contributed by atoms with Crippen LogP contribution in [0.3, 0.4) is 0 Å². The smallest absolute Gasteiger partial charge is 0.111 e. The number of hydrogen-bond donors (Lipinski definition) is 1. The van der Waals surface area contributed by atoms with Crippen LogP contribution in [0.1, 0.15) is 37.2 Å².